The van der Waals surface area contributed by atoms with Gasteiger partial charge in [-0.15, -0.1) is 0 Å². The van der Waals surface area contributed by atoms with Crippen molar-refractivity contribution in [3.63, 3.8) is 0 Å². The van der Waals surface area contributed by atoms with Gasteiger partial charge in [-0.05, 0) is 48.1 Å². The highest BCUT2D eigenvalue weighted by molar-refractivity contribution is 5.41. The Morgan fingerprint density at radius 2 is 1.78 bits per heavy atom. The van der Waals surface area contributed by atoms with Gasteiger partial charge in [0.1, 0.15) is 5.75 Å². The van der Waals surface area contributed by atoms with E-state index in [0.717, 1.165) is 5.75 Å². The molecule has 0 unspecified atom stereocenters. The molecule has 0 fully saturated rings. The van der Waals surface area contributed by atoms with Crippen molar-refractivity contribution < 1.29 is 4.74 Å². The first-order valence-electron chi connectivity index (χ1n) is 6.60. The van der Waals surface area contributed by atoms with Gasteiger partial charge in [0.25, 0.3) is 0 Å². The van der Waals surface area contributed by atoms with Crippen LogP contribution in [0.25, 0.3) is 0 Å². The Kier molecular flexibility index (Phi) is 3.06. The van der Waals surface area contributed by atoms with Crippen LogP contribution < -0.4 is 4.74 Å². The lowest BCUT2D eigenvalue weighted by Crippen LogP contribution is -2.10. The Morgan fingerprint density at radius 1 is 1.00 bits per heavy atom. The SMILES string of the molecule is COc1ccc([C@H]2CCCc3ccccc32)cc1. The average molecular weight is 238 g/mol. The summed E-state index contributed by atoms with van der Waals surface area (Å²) in [6.07, 6.45) is 3.76. The Hall–Kier alpha value is -1.76. The average Bonchev–Trinajstić information content (AvgIpc) is 2.47. The summed E-state index contributed by atoms with van der Waals surface area (Å²) >= 11 is 0. The van der Waals surface area contributed by atoms with Crippen molar-refractivity contribution in [3.05, 3.63) is 65.2 Å². The molecule has 0 saturated carbocycles. The smallest absolute Gasteiger partial charge is 0.118 e. The minimum Gasteiger partial charge on any atom is -0.497 e. The third kappa shape index (κ3) is 2.01. The van der Waals surface area contributed by atoms with E-state index < -0.39 is 0 Å². The molecule has 0 aromatic heterocycles. The first-order valence-corrected chi connectivity index (χ1v) is 6.60. The maximum Gasteiger partial charge on any atom is 0.118 e. The maximum absolute atomic E-state index is 5.23. The van der Waals surface area contributed by atoms with Crippen LogP contribution in [0.5, 0.6) is 5.75 Å². The molecule has 1 atom stereocenters. The molecule has 18 heavy (non-hydrogen) atoms. The van der Waals surface area contributed by atoms with E-state index in [9.17, 15) is 0 Å². The molecule has 1 heteroatoms. The van der Waals surface area contributed by atoms with Gasteiger partial charge in [-0.1, -0.05) is 36.4 Å². The lowest BCUT2D eigenvalue weighted by Gasteiger charge is -2.26. The zero-order valence-corrected chi connectivity index (χ0v) is 10.7. The van der Waals surface area contributed by atoms with E-state index >= 15 is 0 Å². The molecule has 0 radical (unpaired) electrons. The van der Waals surface area contributed by atoms with Crippen LogP contribution >= 0.6 is 0 Å². The topological polar surface area (TPSA) is 9.23 Å². The molecule has 2 aromatic rings. The molecule has 0 N–H and O–H groups in total. The lowest BCUT2D eigenvalue weighted by atomic mass is 9.79. The molecule has 0 aliphatic heterocycles. The van der Waals surface area contributed by atoms with Crippen LogP contribution in [0.1, 0.15) is 35.4 Å². The number of rotatable bonds is 2. The zero-order valence-electron chi connectivity index (χ0n) is 10.7. The molecule has 0 spiro atoms. The van der Waals surface area contributed by atoms with Crippen molar-refractivity contribution in [2.45, 2.75) is 25.2 Å². The van der Waals surface area contributed by atoms with Crippen LogP contribution in [0, 0.1) is 0 Å². The second-order valence-electron chi connectivity index (χ2n) is 4.92. The van der Waals surface area contributed by atoms with E-state index in [1.807, 2.05) is 0 Å². The largest absolute Gasteiger partial charge is 0.497 e. The van der Waals surface area contributed by atoms with E-state index in [1.165, 1.54) is 36.0 Å². The standard InChI is InChI=1S/C17H18O/c1-18-15-11-9-14(10-12-15)17-8-4-6-13-5-2-3-7-16(13)17/h2-3,5,7,9-12,17H,4,6,8H2,1H3/t17-/m1/s1. The highest BCUT2D eigenvalue weighted by atomic mass is 16.5. The van der Waals surface area contributed by atoms with Crippen LogP contribution in [0.15, 0.2) is 48.5 Å². The Balaban J connectivity index is 1.97. The molecule has 92 valence electrons. The quantitative estimate of drug-likeness (QED) is 0.763. The lowest BCUT2D eigenvalue weighted by molar-refractivity contribution is 0.414. The van der Waals surface area contributed by atoms with Gasteiger partial charge < -0.3 is 4.74 Å². The van der Waals surface area contributed by atoms with Crippen LogP contribution in [-0.4, -0.2) is 7.11 Å². The Labute approximate surface area is 108 Å². The number of fused-ring (bicyclic) bond motifs is 1. The number of aryl methyl sites for hydroxylation is 1. The fourth-order valence-corrected chi connectivity index (χ4v) is 2.94. The summed E-state index contributed by atoms with van der Waals surface area (Å²) in [7, 11) is 1.71. The Morgan fingerprint density at radius 3 is 2.56 bits per heavy atom. The van der Waals surface area contributed by atoms with Crippen molar-refractivity contribution >= 4 is 0 Å². The number of benzene rings is 2. The monoisotopic (exact) mass is 238 g/mol. The molecule has 1 nitrogen and oxygen atoms in total. The van der Waals surface area contributed by atoms with Gasteiger partial charge >= 0.3 is 0 Å². The predicted octanol–water partition coefficient (Wildman–Crippen LogP) is 4.16. The fraction of sp³-hybridized carbons (Fsp3) is 0.294. The van der Waals surface area contributed by atoms with E-state index in [0.29, 0.717) is 5.92 Å². The van der Waals surface area contributed by atoms with Gasteiger partial charge in [-0.3, -0.25) is 0 Å². The summed E-state index contributed by atoms with van der Waals surface area (Å²) in [4.78, 5) is 0. The second-order valence-corrected chi connectivity index (χ2v) is 4.92. The van der Waals surface area contributed by atoms with Crippen molar-refractivity contribution in [3.8, 4) is 5.75 Å². The highest BCUT2D eigenvalue weighted by Gasteiger charge is 2.20. The minimum atomic E-state index is 0.556. The van der Waals surface area contributed by atoms with Crippen molar-refractivity contribution in [1.82, 2.24) is 0 Å². The number of hydrogen-bond acceptors (Lipinski definition) is 1. The first-order chi connectivity index (χ1) is 8.88. The number of methoxy groups -OCH3 is 1. The molecule has 3 rings (SSSR count). The van der Waals surface area contributed by atoms with Crippen LogP contribution in [-0.2, 0) is 6.42 Å². The van der Waals surface area contributed by atoms with Crippen LogP contribution in [0.2, 0.25) is 0 Å². The third-order valence-corrected chi connectivity index (χ3v) is 3.89. The van der Waals surface area contributed by atoms with Crippen molar-refractivity contribution in [2.75, 3.05) is 7.11 Å². The van der Waals surface area contributed by atoms with Gasteiger partial charge in [-0.2, -0.15) is 0 Å². The van der Waals surface area contributed by atoms with Gasteiger partial charge in [-0.25, -0.2) is 0 Å². The zero-order chi connectivity index (χ0) is 12.4. The van der Waals surface area contributed by atoms with Crippen LogP contribution in [0.3, 0.4) is 0 Å². The van der Waals surface area contributed by atoms with E-state index in [1.54, 1.807) is 7.11 Å². The normalized spacial score (nSPS) is 18.2. The fourth-order valence-electron chi connectivity index (χ4n) is 2.94. The molecule has 0 heterocycles. The molecule has 1 aliphatic carbocycles. The third-order valence-electron chi connectivity index (χ3n) is 3.89. The summed E-state index contributed by atoms with van der Waals surface area (Å²) in [6, 6.07) is 17.4. The summed E-state index contributed by atoms with van der Waals surface area (Å²) in [6.45, 7) is 0. The van der Waals surface area contributed by atoms with Gasteiger partial charge in [0.15, 0.2) is 0 Å². The Bertz CT molecular complexity index is 528. The van der Waals surface area contributed by atoms with Crippen molar-refractivity contribution in [2.24, 2.45) is 0 Å². The first kappa shape index (κ1) is 11.3. The molecular formula is C17H18O. The molecular weight excluding hydrogens is 220 g/mol. The molecule has 0 bridgehead atoms. The predicted molar refractivity (Wildman–Crippen MR) is 74.2 cm³/mol. The summed E-state index contributed by atoms with van der Waals surface area (Å²) in [5.41, 5.74) is 4.43. The number of hydrogen-bond donors (Lipinski definition) is 0. The molecule has 2 aromatic carbocycles. The van der Waals surface area contributed by atoms with Crippen molar-refractivity contribution in [1.29, 1.82) is 0 Å². The van der Waals surface area contributed by atoms with Crippen LogP contribution in [0.4, 0.5) is 0 Å². The number of ether oxygens (including phenoxy) is 1. The molecule has 0 saturated heterocycles. The van der Waals surface area contributed by atoms with E-state index in [4.69, 9.17) is 4.74 Å². The second kappa shape index (κ2) is 4.85. The molecule has 1 aliphatic rings. The van der Waals surface area contributed by atoms with E-state index in [-0.39, 0.29) is 0 Å². The van der Waals surface area contributed by atoms with E-state index in [2.05, 4.69) is 48.5 Å². The highest BCUT2D eigenvalue weighted by Crippen LogP contribution is 2.36. The summed E-state index contributed by atoms with van der Waals surface area (Å²) in [5, 5.41) is 0. The summed E-state index contributed by atoms with van der Waals surface area (Å²) in [5.74, 6) is 1.49. The maximum atomic E-state index is 5.23. The van der Waals surface area contributed by atoms with Gasteiger partial charge in [0, 0.05) is 5.92 Å². The molecule has 0 amide bonds. The van der Waals surface area contributed by atoms with Gasteiger partial charge in [0.05, 0.1) is 7.11 Å². The minimum absolute atomic E-state index is 0.556. The van der Waals surface area contributed by atoms with Gasteiger partial charge in [0.2, 0.25) is 0 Å². The summed E-state index contributed by atoms with van der Waals surface area (Å²) < 4.78 is 5.23.